The molecule has 0 spiro atoms. The van der Waals surface area contributed by atoms with Crippen molar-refractivity contribution in [1.29, 1.82) is 0 Å². The third-order valence-corrected chi connectivity index (χ3v) is 3.96. The van der Waals surface area contributed by atoms with Gasteiger partial charge in [-0.15, -0.1) is 11.3 Å². The molecule has 0 fully saturated rings. The summed E-state index contributed by atoms with van der Waals surface area (Å²) in [5.74, 6) is 0. The molecule has 0 N–H and O–H groups in total. The van der Waals surface area contributed by atoms with Crippen molar-refractivity contribution < 1.29 is 0 Å². The zero-order valence-electron chi connectivity index (χ0n) is 6.18. The molecule has 1 aliphatic carbocycles. The molecule has 3 heteroatoms. The van der Waals surface area contributed by atoms with E-state index in [4.69, 9.17) is 0 Å². The summed E-state index contributed by atoms with van der Waals surface area (Å²) in [6, 6.07) is 4.24. The highest BCUT2D eigenvalue weighted by Crippen LogP contribution is 2.35. The van der Waals surface area contributed by atoms with Crippen LogP contribution in [0.2, 0.25) is 0 Å². The number of thiophene rings is 1. The molecule has 1 aliphatic rings. The maximum absolute atomic E-state index is 3.48. The normalized spacial score (nSPS) is 16.2. The monoisotopic (exact) mass is 304 g/mol. The predicted molar refractivity (Wildman–Crippen MR) is 61.6 cm³/mol. The van der Waals surface area contributed by atoms with Crippen LogP contribution in [0, 0.1) is 0 Å². The van der Waals surface area contributed by atoms with Crippen molar-refractivity contribution in [1.82, 2.24) is 0 Å². The Morgan fingerprint density at radius 3 is 2.50 bits per heavy atom. The summed E-state index contributed by atoms with van der Waals surface area (Å²) in [5.41, 5.74) is 1.40. The van der Waals surface area contributed by atoms with Crippen LogP contribution >= 0.6 is 43.2 Å². The highest BCUT2D eigenvalue weighted by molar-refractivity contribution is 9.11. The molecule has 0 atom stereocenters. The molecule has 0 saturated heterocycles. The van der Waals surface area contributed by atoms with Crippen molar-refractivity contribution in [2.24, 2.45) is 0 Å². The minimum Gasteiger partial charge on any atom is -0.129 e. The van der Waals surface area contributed by atoms with Gasteiger partial charge >= 0.3 is 0 Å². The van der Waals surface area contributed by atoms with E-state index in [-0.39, 0.29) is 0 Å². The fourth-order valence-electron chi connectivity index (χ4n) is 1.15. The molecule has 1 heterocycles. The molecule has 0 aliphatic heterocycles. The summed E-state index contributed by atoms with van der Waals surface area (Å²) in [7, 11) is 0. The standard InChI is InChI=1S/C9H6Br2S/c10-7-2-1-6(5-7)8-3-4-9(11)12-8/h1-4H,5H2. The lowest BCUT2D eigenvalue weighted by Gasteiger charge is -1.95. The maximum Gasteiger partial charge on any atom is 0.0704 e. The number of rotatable bonds is 1. The van der Waals surface area contributed by atoms with Crippen LogP contribution in [-0.2, 0) is 0 Å². The third-order valence-electron chi connectivity index (χ3n) is 1.71. The molecule has 0 radical (unpaired) electrons. The van der Waals surface area contributed by atoms with Gasteiger partial charge in [0.25, 0.3) is 0 Å². The lowest BCUT2D eigenvalue weighted by molar-refractivity contribution is 1.45. The van der Waals surface area contributed by atoms with Crippen LogP contribution in [0.15, 0.2) is 32.6 Å². The van der Waals surface area contributed by atoms with Gasteiger partial charge in [0, 0.05) is 11.3 Å². The van der Waals surface area contributed by atoms with Gasteiger partial charge in [-0.2, -0.15) is 0 Å². The van der Waals surface area contributed by atoms with Crippen LogP contribution < -0.4 is 0 Å². The molecular weight excluding hydrogens is 300 g/mol. The van der Waals surface area contributed by atoms with Gasteiger partial charge in [-0.05, 0) is 38.1 Å². The summed E-state index contributed by atoms with van der Waals surface area (Å²) < 4.78 is 2.46. The second-order valence-corrected chi connectivity index (χ2v) is 6.07. The van der Waals surface area contributed by atoms with Gasteiger partial charge in [0.15, 0.2) is 0 Å². The van der Waals surface area contributed by atoms with Gasteiger partial charge in [0.2, 0.25) is 0 Å². The molecule has 62 valence electrons. The van der Waals surface area contributed by atoms with Gasteiger partial charge < -0.3 is 0 Å². The lowest BCUT2D eigenvalue weighted by Crippen LogP contribution is -1.72. The molecule has 0 aromatic carbocycles. The third kappa shape index (κ3) is 1.73. The van der Waals surface area contributed by atoms with Crippen molar-refractivity contribution in [2.45, 2.75) is 6.42 Å². The minimum atomic E-state index is 1.03. The van der Waals surface area contributed by atoms with Crippen molar-refractivity contribution in [3.8, 4) is 0 Å². The Morgan fingerprint density at radius 1 is 1.17 bits per heavy atom. The summed E-state index contributed by atoms with van der Waals surface area (Å²) in [6.45, 7) is 0. The molecule has 12 heavy (non-hydrogen) atoms. The molecule has 0 unspecified atom stereocenters. The second kappa shape index (κ2) is 3.48. The summed E-state index contributed by atoms with van der Waals surface area (Å²) in [4.78, 5) is 1.35. The number of allylic oxidation sites excluding steroid dienone is 4. The molecule has 0 saturated carbocycles. The quantitative estimate of drug-likeness (QED) is 0.712. The molecular formula is C9H6Br2S. The number of hydrogen-bond acceptors (Lipinski definition) is 1. The molecule has 1 aromatic rings. The van der Waals surface area contributed by atoms with Gasteiger partial charge in [-0.3, -0.25) is 0 Å². The van der Waals surface area contributed by atoms with E-state index in [9.17, 15) is 0 Å². The van der Waals surface area contributed by atoms with Gasteiger partial charge in [-0.1, -0.05) is 28.1 Å². The highest BCUT2D eigenvalue weighted by Gasteiger charge is 2.09. The Hall–Kier alpha value is 0.140. The van der Waals surface area contributed by atoms with E-state index in [1.54, 1.807) is 11.3 Å². The maximum atomic E-state index is 3.48. The average molecular weight is 306 g/mol. The fraction of sp³-hybridized carbons (Fsp3) is 0.111. The van der Waals surface area contributed by atoms with E-state index >= 15 is 0 Å². The molecule has 1 aromatic heterocycles. The van der Waals surface area contributed by atoms with Crippen LogP contribution in [-0.4, -0.2) is 0 Å². The Kier molecular flexibility index (Phi) is 2.53. The van der Waals surface area contributed by atoms with Crippen molar-refractivity contribution in [3.05, 3.63) is 37.4 Å². The van der Waals surface area contributed by atoms with E-state index in [0.717, 1.165) is 6.42 Å². The Morgan fingerprint density at radius 2 is 2.00 bits per heavy atom. The first-order valence-electron chi connectivity index (χ1n) is 3.56. The number of hydrogen-bond donors (Lipinski definition) is 0. The van der Waals surface area contributed by atoms with Gasteiger partial charge in [0.05, 0.1) is 3.79 Å². The minimum absolute atomic E-state index is 1.03. The van der Waals surface area contributed by atoms with E-state index in [2.05, 4.69) is 56.1 Å². The zero-order valence-corrected chi connectivity index (χ0v) is 10.2. The van der Waals surface area contributed by atoms with Crippen LogP contribution in [0.4, 0.5) is 0 Å². The van der Waals surface area contributed by atoms with Crippen LogP contribution in [0.25, 0.3) is 5.57 Å². The molecule has 2 rings (SSSR count). The van der Waals surface area contributed by atoms with Gasteiger partial charge in [-0.25, -0.2) is 0 Å². The van der Waals surface area contributed by atoms with Crippen molar-refractivity contribution >= 4 is 48.8 Å². The SMILES string of the molecule is BrC1=CC=C(c2ccc(Br)s2)C1. The lowest BCUT2D eigenvalue weighted by atomic mass is 10.2. The Bertz CT molecular complexity index is 360. The first-order valence-corrected chi connectivity index (χ1v) is 5.97. The Labute approximate surface area is 92.2 Å². The highest BCUT2D eigenvalue weighted by atomic mass is 79.9. The van der Waals surface area contributed by atoms with Gasteiger partial charge in [0.1, 0.15) is 0 Å². The topological polar surface area (TPSA) is 0 Å². The van der Waals surface area contributed by atoms with Crippen molar-refractivity contribution in [2.75, 3.05) is 0 Å². The first kappa shape index (κ1) is 8.73. The van der Waals surface area contributed by atoms with Crippen molar-refractivity contribution in [3.63, 3.8) is 0 Å². The molecule has 0 nitrogen and oxygen atoms in total. The van der Waals surface area contributed by atoms with E-state index in [1.165, 1.54) is 18.7 Å². The Balaban J connectivity index is 2.24. The molecule has 0 bridgehead atoms. The first-order chi connectivity index (χ1) is 5.75. The second-order valence-electron chi connectivity index (χ2n) is 2.59. The zero-order chi connectivity index (χ0) is 8.55. The average Bonchev–Trinajstić information content (AvgIpc) is 2.58. The van der Waals surface area contributed by atoms with Crippen LogP contribution in [0.3, 0.4) is 0 Å². The predicted octanol–water partition coefficient (Wildman–Crippen LogP) is 4.58. The number of halogens is 2. The summed E-state index contributed by atoms with van der Waals surface area (Å²) >= 11 is 8.72. The summed E-state index contributed by atoms with van der Waals surface area (Å²) in [6.07, 6.45) is 5.32. The van der Waals surface area contributed by atoms with E-state index in [0.29, 0.717) is 0 Å². The smallest absolute Gasteiger partial charge is 0.0704 e. The van der Waals surface area contributed by atoms with Crippen LogP contribution in [0.1, 0.15) is 11.3 Å². The van der Waals surface area contributed by atoms with E-state index in [1.807, 2.05) is 0 Å². The molecule has 0 amide bonds. The fourth-order valence-corrected chi connectivity index (χ4v) is 2.99. The summed E-state index contributed by atoms with van der Waals surface area (Å²) in [5, 5.41) is 0. The van der Waals surface area contributed by atoms with Crippen LogP contribution in [0.5, 0.6) is 0 Å². The van der Waals surface area contributed by atoms with E-state index < -0.39 is 0 Å². The largest absolute Gasteiger partial charge is 0.129 e.